The minimum atomic E-state index is -0.736. The van der Waals surface area contributed by atoms with E-state index in [-0.39, 0.29) is 42.8 Å². The van der Waals surface area contributed by atoms with Crippen LogP contribution in [0.1, 0.15) is 78.8 Å². The molecule has 5 rings (SSSR count). The van der Waals surface area contributed by atoms with Crippen molar-refractivity contribution in [1.29, 1.82) is 0 Å². The number of hydrogen-bond acceptors (Lipinski definition) is 8. The molecule has 0 spiro atoms. The Morgan fingerprint density at radius 1 is 1.07 bits per heavy atom. The number of aliphatic hydroxyl groups excluding tert-OH is 1. The Morgan fingerprint density at radius 2 is 1.89 bits per heavy atom. The fourth-order valence-electron chi connectivity index (χ4n) is 6.00. The van der Waals surface area contributed by atoms with Crippen molar-refractivity contribution in [3.05, 3.63) is 63.6 Å². The number of nitrogens with zero attached hydrogens (tertiary/aromatic N) is 2. The third-order valence-electron chi connectivity index (χ3n) is 9.15. The second kappa shape index (κ2) is 16.7. The Labute approximate surface area is 266 Å². The molecule has 246 valence electrons. The molecular formula is C35H49N3O7. The number of nitroso groups, excluding NO2 is 1. The van der Waals surface area contributed by atoms with E-state index in [2.05, 4.69) is 24.3 Å². The molecule has 2 N–H and O–H groups in total. The normalized spacial score (nSPS) is 19.7. The molecule has 0 aliphatic carbocycles. The van der Waals surface area contributed by atoms with Gasteiger partial charge in [-0.25, -0.2) is 0 Å². The third-order valence-corrected chi connectivity index (χ3v) is 9.15. The lowest BCUT2D eigenvalue weighted by Crippen LogP contribution is -2.46. The summed E-state index contributed by atoms with van der Waals surface area (Å²) in [6.45, 7) is 11.1. The minimum absolute atomic E-state index is 0.0686. The highest BCUT2D eigenvalue weighted by molar-refractivity contribution is 6.00. The van der Waals surface area contributed by atoms with Gasteiger partial charge in [-0.15, -0.1) is 0 Å². The van der Waals surface area contributed by atoms with E-state index in [1.54, 1.807) is 18.2 Å². The number of aliphatic hydroxyl groups is 1. The fourth-order valence-corrected chi connectivity index (χ4v) is 6.00. The second-order valence-corrected chi connectivity index (χ2v) is 12.5. The number of piperidine rings is 1. The fraction of sp³-hybridized carbons (Fsp3) is 0.600. The number of amides is 2. The maximum absolute atomic E-state index is 13.4. The van der Waals surface area contributed by atoms with E-state index in [0.29, 0.717) is 68.6 Å². The van der Waals surface area contributed by atoms with Gasteiger partial charge in [-0.1, -0.05) is 32.0 Å². The van der Waals surface area contributed by atoms with Gasteiger partial charge in [0.2, 0.25) is 0 Å². The molecule has 10 heteroatoms. The number of fused-ring (bicyclic) bond motifs is 4. The first kappa shape index (κ1) is 34.4. The molecule has 3 saturated heterocycles. The van der Waals surface area contributed by atoms with E-state index < -0.39 is 6.10 Å². The zero-order chi connectivity index (χ0) is 32.3. The molecule has 2 aromatic carbocycles. The summed E-state index contributed by atoms with van der Waals surface area (Å²) in [6.07, 6.45) is 3.24. The summed E-state index contributed by atoms with van der Waals surface area (Å²) in [6, 6.07) is 11.0. The number of nitrogens with one attached hydrogen (secondary N) is 1. The van der Waals surface area contributed by atoms with Crippen molar-refractivity contribution in [1.82, 2.24) is 10.2 Å². The molecule has 2 aromatic rings. The van der Waals surface area contributed by atoms with Crippen LogP contribution in [0.4, 0.5) is 0 Å². The van der Waals surface area contributed by atoms with Gasteiger partial charge in [0.25, 0.3) is 11.8 Å². The number of carbonyl (C=O) groups is 2. The number of hydrogen-bond donors (Lipinski definition) is 2. The summed E-state index contributed by atoms with van der Waals surface area (Å²) >= 11 is 0. The minimum Gasteiger partial charge on any atom is -0.493 e. The zero-order valence-corrected chi connectivity index (χ0v) is 27.1. The van der Waals surface area contributed by atoms with Gasteiger partial charge in [0.1, 0.15) is 11.5 Å². The van der Waals surface area contributed by atoms with Crippen molar-refractivity contribution in [2.45, 2.75) is 71.9 Å². The molecule has 0 aromatic heterocycles. The van der Waals surface area contributed by atoms with Crippen LogP contribution in [0, 0.1) is 22.7 Å². The van der Waals surface area contributed by atoms with E-state index in [1.807, 2.05) is 36.9 Å². The molecule has 3 heterocycles. The molecule has 0 saturated carbocycles. The van der Waals surface area contributed by atoms with Gasteiger partial charge < -0.3 is 29.5 Å². The average molecular weight is 624 g/mol. The lowest BCUT2D eigenvalue weighted by Gasteiger charge is -2.35. The lowest BCUT2D eigenvalue weighted by molar-refractivity contribution is 0.0559. The number of aryl methyl sites for hydroxylation is 2. The van der Waals surface area contributed by atoms with Crippen molar-refractivity contribution in [3.8, 4) is 11.5 Å². The first-order valence-electron chi connectivity index (χ1n) is 16.4. The maximum Gasteiger partial charge on any atom is 0.255 e. The van der Waals surface area contributed by atoms with Crippen LogP contribution < -0.4 is 14.8 Å². The van der Waals surface area contributed by atoms with Crippen LogP contribution in [0.3, 0.4) is 0 Å². The Morgan fingerprint density at radius 3 is 2.64 bits per heavy atom. The summed E-state index contributed by atoms with van der Waals surface area (Å²) < 4.78 is 17.5. The molecule has 45 heavy (non-hydrogen) atoms. The van der Waals surface area contributed by atoms with Crippen molar-refractivity contribution in [3.63, 3.8) is 0 Å². The first-order chi connectivity index (χ1) is 21.7. The van der Waals surface area contributed by atoms with Crippen LogP contribution in [0.15, 0.2) is 41.6 Å². The number of rotatable bonds is 16. The SMILES string of the molecule is CCOc1cc(C(=O)N2CC3CCC2COC3)ccc1C(=O)NC[C@@H](O)CCc1ccc(OCC(C)C(C)CN=O)cc1CC. The van der Waals surface area contributed by atoms with Gasteiger partial charge in [-0.2, -0.15) is 4.91 Å². The number of ether oxygens (including phenoxy) is 3. The summed E-state index contributed by atoms with van der Waals surface area (Å²) in [5.41, 5.74) is 3.10. The first-order valence-corrected chi connectivity index (χ1v) is 16.4. The number of carbonyl (C=O) groups excluding carboxylic acids is 2. The zero-order valence-electron chi connectivity index (χ0n) is 27.1. The molecule has 10 nitrogen and oxygen atoms in total. The topological polar surface area (TPSA) is 127 Å². The van der Waals surface area contributed by atoms with Crippen LogP contribution in [0.2, 0.25) is 0 Å². The number of benzene rings is 2. The standard InChI is InChI=1S/C35H49N3O7/c1-5-26-15-31(45-20-24(4)23(3)17-37-42)13-9-27(26)8-12-30(39)18-36-34(40)32-14-10-28(16-33(32)44-6-2)35(41)38-19-25-7-11-29(38)22-43-21-25/h9-10,13-16,23-25,29-30,39H,5-8,11-12,17-22H2,1-4H3,(H,36,40)/t23?,24?,25?,29?,30-/m0/s1. The molecule has 0 radical (unpaired) electrons. The quantitative estimate of drug-likeness (QED) is 0.251. The highest BCUT2D eigenvalue weighted by Gasteiger charge is 2.35. The van der Waals surface area contributed by atoms with Crippen molar-refractivity contribution in [2.24, 2.45) is 22.9 Å². The highest BCUT2D eigenvalue weighted by atomic mass is 16.5. The summed E-state index contributed by atoms with van der Waals surface area (Å²) in [5, 5.41) is 16.5. The van der Waals surface area contributed by atoms with E-state index in [9.17, 15) is 19.6 Å². The summed E-state index contributed by atoms with van der Waals surface area (Å²) in [4.78, 5) is 39.0. The predicted molar refractivity (Wildman–Crippen MR) is 173 cm³/mol. The largest absolute Gasteiger partial charge is 0.493 e. The molecule has 2 bridgehead atoms. The average Bonchev–Trinajstić information content (AvgIpc) is 3.41. The van der Waals surface area contributed by atoms with Crippen molar-refractivity contribution in [2.75, 3.05) is 46.1 Å². The van der Waals surface area contributed by atoms with E-state index in [0.717, 1.165) is 36.1 Å². The third kappa shape index (κ3) is 9.26. The van der Waals surface area contributed by atoms with Crippen LogP contribution in [-0.2, 0) is 17.6 Å². The Hall–Kier alpha value is -3.50. The van der Waals surface area contributed by atoms with Gasteiger partial charge in [-0.3, -0.25) is 9.59 Å². The molecular weight excluding hydrogens is 574 g/mol. The van der Waals surface area contributed by atoms with E-state index in [1.165, 1.54) is 0 Å². The van der Waals surface area contributed by atoms with Crippen LogP contribution in [-0.4, -0.2) is 80.0 Å². The van der Waals surface area contributed by atoms with Gasteiger partial charge in [-0.05, 0) is 98.2 Å². The van der Waals surface area contributed by atoms with Crippen LogP contribution >= 0.6 is 0 Å². The Bertz CT molecular complexity index is 1300. The summed E-state index contributed by atoms with van der Waals surface area (Å²) in [5.74, 6) is 1.43. The van der Waals surface area contributed by atoms with Crippen LogP contribution in [0.5, 0.6) is 11.5 Å². The molecule has 5 atom stereocenters. The van der Waals surface area contributed by atoms with Crippen molar-refractivity contribution < 1.29 is 28.9 Å². The summed E-state index contributed by atoms with van der Waals surface area (Å²) in [7, 11) is 0. The Kier molecular flexibility index (Phi) is 12.8. The van der Waals surface area contributed by atoms with Crippen LogP contribution in [0.25, 0.3) is 0 Å². The molecule has 2 amide bonds. The molecule has 4 unspecified atom stereocenters. The second-order valence-electron chi connectivity index (χ2n) is 12.5. The van der Waals surface area contributed by atoms with Gasteiger partial charge in [0, 0.05) is 18.7 Å². The Balaban J connectivity index is 1.30. The molecule has 3 aliphatic heterocycles. The van der Waals surface area contributed by atoms with Gasteiger partial charge in [0.05, 0.1) is 50.7 Å². The molecule has 3 aliphatic rings. The molecule has 3 fully saturated rings. The monoisotopic (exact) mass is 623 g/mol. The van der Waals surface area contributed by atoms with Gasteiger partial charge >= 0.3 is 0 Å². The smallest absolute Gasteiger partial charge is 0.255 e. The van der Waals surface area contributed by atoms with Gasteiger partial charge in [0.15, 0.2) is 0 Å². The van der Waals surface area contributed by atoms with Crippen molar-refractivity contribution >= 4 is 11.8 Å². The van der Waals surface area contributed by atoms with E-state index in [4.69, 9.17) is 14.2 Å². The van der Waals surface area contributed by atoms with E-state index >= 15 is 0 Å². The predicted octanol–water partition coefficient (Wildman–Crippen LogP) is 5.04. The lowest BCUT2D eigenvalue weighted by atomic mass is 9.94. The highest BCUT2D eigenvalue weighted by Crippen LogP contribution is 2.29. The maximum atomic E-state index is 13.4.